The molecule has 0 bridgehead atoms. The van der Waals surface area contributed by atoms with Crippen molar-refractivity contribution in [3.63, 3.8) is 0 Å². The Balaban J connectivity index is 1.33. The second kappa shape index (κ2) is 10.6. The number of morpholine rings is 1. The van der Waals surface area contributed by atoms with Gasteiger partial charge in [-0.05, 0) is 48.5 Å². The number of ether oxygens (including phenoxy) is 2. The fourth-order valence-corrected chi connectivity index (χ4v) is 3.38. The Hall–Kier alpha value is -3.98. The lowest BCUT2D eigenvalue weighted by molar-refractivity contribution is -0.118. The third-order valence-electron chi connectivity index (χ3n) is 4.97. The molecule has 1 saturated heterocycles. The van der Waals surface area contributed by atoms with Crippen LogP contribution in [0.3, 0.4) is 0 Å². The van der Waals surface area contributed by atoms with Crippen molar-refractivity contribution >= 4 is 29.0 Å². The fourth-order valence-electron chi connectivity index (χ4n) is 3.38. The Bertz CT molecular complexity index is 1100. The minimum Gasteiger partial charge on any atom is -0.484 e. The molecule has 0 atom stereocenters. The largest absolute Gasteiger partial charge is 0.484 e. The van der Waals surface area contributed by atoms with E-state index in [-0.39, 0.29) is 18.4 Å². The molecular formula is C24H25N5O4. The Morgan fingerprint density at radius 2 is 1.76 bits per heavy atom. The van der Waals surface area contributed by atoms with Crippen molar-refractivity contribution in [3.05, 3.63) is 60.7 Å². The van der Waals surface area contributed by atoms with Gasteiger partial charge < -0.3 is 25.0 Å². The molecule has 0 radical (unpaired) electrons. The van der Waals surface area contributed by atoms with Gasteiger partial charge in [-0.15, -0.1) is 10.2 Å². The number of hydrogen-bond donors (Lipinski definition) is 2. The molecule has 0 unspecified atom stereocenters. The van der Waals surface area contributed by atoms with E-state index in [1.165, 1.54) is 6.92 Å². The second-order valence-corrected chi connectivity index (χ2v) is 7.50. The highest BCUT2D eigenvalue weighted by Gasteiger charge is 2.13. The van der Waals surface area contributed by atoms with Gasteiger partial charge in [-0.2, -0.15) is 0 Å². The number of benzene rings is 2. The summed E-state index contributed by atoms with van der Waals surface area (Å²) in [6.07, 6.45) is 0. The summed E-state index contributed by atoms with van der Waals surface area (Å²) in [6.45, 7) is 4.29. The van der Waals surface area contributed by atoms with Crippen LogP contribution in [-0.2, 0) is 14.3 Å². The van der Waals surface area contributed by atoms with Gasteiger partial charge in [-0.3, -0.25) is 9.59 Å². The topological polar surface area (TPSA) is 106 Å². The first-order valence-electron chi connectivity index (χ1n) is 10.6. The molecule has 170 valence electrons. The standard InChI is InChI=1S/C24H25N5O4/c1-17(30)25-19-5-7-21(8-6-19)33-16-24(31)26-20-4-2-3-18(15-20)22-9-10-23(28-27-22)29-11-13-32-14-12-29/h2-10,15H,11-14,16H2,1H3,(H,25,30)(H,26,31). The molecule has 1 fully saturated rings. The maximum atomic E-state index is 12.3. The minimum absolute atomic E-state index is 0.141. The van der Waals surface area contributed by atoms with Gasteiger partial charge in [0.2, 0.25) is 5.91 Å². The Labute approximate surface area is 191 Å². The zero-order chi connectivity index (χ0) is 23.0. The number of carbonyl (C=O) groups is 2. The van der Waals surface area contributed by atoms with Crippen molar-refractivity contribution in [1.29, 1.82) is 0 Å². The third-order valence-corrected chi connectivity index (χ3v) is 4.97. The van der Waals surface area contributed by atoms with Gasteiger partial charge in [0, 0.05) is 37.0 Å². The highest BCUT2D eigenvalue weighted by molar-refractivity contribution is 5.92. The maximum absolute atomic E-state index is 12.3. The van der Waals surface area contributed by atoms with Crippen LogP contribution in [0.1, 0.15) is 6.92 Å². The monoisotopic (exact) mass is 447 g/mol. The summed E-state index contributed by atoms with van der Waals surface area (Å²) in [5.74, 6) is 0.925. The molecule has 2 aromatic carbocycles. The molecule has 9 nitrogen and oxygen atoms in total. The first-order valence-corrected chi connectivity index (χ1v) is 10.6. The molecular weight excluding hydrogens is 422 g/mol. The van der Waals surface area contributed by atoms with Gasteiger partial charge in [0.05, 0.1) is 18.9 Å². The first-order chi connectivity index (χ1) is 16.1. The summed E-state index contributed by atoms with van der Waals surface area (Å²) in [4.78, 5) is 25.5. The molecule has 0 aliphatic carbocycles. The number of aromatic nitrogens is 2. The number of rotatable bonds is 7. The zero-order valence-corrected chi connectivity index (χ0v) is 18.3. The number of hydrogen-bond acceptors (Lipinski definition) is 7. The van der Waals surface area contributed by atoms with E-state index in [0.29, 0.717) is 30.3 Å². The van der Waals surface area contributed by atoms with E-state index in [1.54, 1.807) is 30.3 Å². The number of nitrogens with one attached hydrogen (secondary N) is 2. The van der Waals surface area contributed by atoms with Crippen molar-refractivity contribution in [2.24, 2.45) is 0 Å². The summed E-state index contributed by atoms with van der Waals surface area (Å²) >= 11 is 0. The molecule has 0 spiro atoms. The normalized spacial score (nSPS) is 13.3. The van der Waals surface area contributed by atoms with Crippen molar-refractivity contribution in [3.8, 4) is 17.0 Å². The fraction of sp³-hybridized carbons (Fsp3) is 0.250. The van der Waals surface area contributed by atoms with Crippen molar-refractivity contribution < 1.29 is 19.1 Å². The van der Waals surface area contributed by atoms with E-state index in [1.807, 2.05) is 30.3 Å². The lowest BCUT2D eigenvalue weighted by Crippen LogP contribution is -2.36. The van der Waals surface area contributed by atoms with Crippen LogP contribution in [0.5, 0.6) is 5.75 Å². The van der Waals surface area contributed by atoms with Crippen LogP contribution in [0.25, 0.3) is 11.3 Å². The van der Waals surface area contributed by atoms with E-state index in [2.05, 4.69) is 25.7 Å². The SMILES string of the molecule is CC(=O)Nc1ccc(OCC(=O)Nc2cccc(-c3ccc(N4CCOCC4)nn3)c2)cc1. The molecule has 2 heterocycles. The number of carbonyl (C=O) groups excluding carboxylic acids is 2. The van der Waals surface area contributed by atoms with Gasteiger partial charge in [0.1, 0.15) is 5.75 Å². The summed E-state index contributed by atoms with van der Waals surface area (Å²) in [5, 5.41) is 14.2. The van der Waals surface area contributed by atoms with E-state index < -0.39 is 0 Å². The predicted octanol–water partition coefficient (Wildman–Crippen LogP) is 2.96. The van der Waals surface area contributed by atoms with Crippen LogP contribution in [0.4, 0.5) is 17.2 Å². The summed E-state index contributed by atoms with van der Waals surface area (Å²) in [7, 11) is 0. The first kappa shape index (κ1) is 22.2. The van der Waals surface area contributed by atoms with Crippen LogP contribution in [-0.4, -0.2) is 54.9 Å². The third kappa shape index (κ3) is 6.27. The molecule has 1 aliphatic rings. The van der Waals surface area contributed by atoms with E-state index in [0.717, 1.165) is 30.2 Å². The minimum atomic E-state index is -0.285. The molecule has 0 saturated carbocycles. The Kier molecular flexibility index (Phi) is 7.11. The molecule has 4 rings (SSSR count). The lowest BCUT2D eigenvalue weighted by Gasteiger charge is -2.27. The molecule has 1 aliphatic heterocycles. The van der Waals surface area contributed by atoms with Gasteiger partial charge in [0.15, 0.2) is 12.4 Å². The predicted molar refractivity (Wildman–Crippen MR) is 125 cm³/mol. The molecule has 2 amide bonds. The average Bonchev–Trinajstić information content (AvgIpc) is 2.84. The Morgan fingerprint density at radius 1 is 0.970 bits per heavy atom. The zero-order valence-electron chi connectivity index (χ0n) is 18.3. The molecule has 9 heteroatoms. The highest BCUT2D eigenvalue weighted by Crippen LogP contribution is 2.22. The van der Waals surface area contributed by atoms with E-state index in [9.17, 15) is 9.59 Å². The Morgan fingerprint density at radius 3 is 2.45 bits per heavy atom. The van der Waals surface area contributed by atoms with Gasteiger partial charge >= 0.3 is 0 Å². The maximum Gasteiger partial charge on any atom is 0.262 e. The van der Waals surface area contributed by atoms with Crippen LogP contribution < -0.4 is 20.3 Å². The van der Waals surface area contributed by atoms with E-state index >= 15 is 0 Å². The number of nitrogens with zero attached hydrogens (tertiary/aromatic N) is 3. The summed E-state index contributed by atoms with van der Waals surface area (Å²) in [5.41, 5.74) is 2.88. The summed E-state index contributed by atoms with van der Waals surface area (Å²) < 4.78 is 10.9. The number of amides is 2. The van der Waals surface area contributed by atoms with Gasteiger partial charge in [-0.1, -0.05) is 12.1 Å². The molecule has 1 aromatic heterocycles. The lowest BCUT2D eigenvalue weighted by atomic mass is 10.1. The second-order valence-electron chi connectivity index (χ2n) is 7.50. The van der Waals surface area contributed by atoms with Crippen molar-refractivity contribution in [2.45, 2.75) is 6.92 Å². The van der Waals surface area contributed by atoms with Gasteiger partial charge in [-0.25, -0.2) is 0 Å². The highest BCUT2D eigenvalue weighted by atomic mass is 16.5. The van der Waals surface area contributed by atoms with Crippen LogP contribution in [0.2, 0.25) is 0 Å². The average molecular weight is 447 g/mol. The number of anilines is 3. The van der Waals surface area contributed by atoms with Gasteiger partial charge in [0.25, 0.3) is 5.91 Å². The molecule has 2 N–H and O–H groups in total. The quantitative estimate of drug-likeness (QED) is 0.574. The molecule has 33 heavy (non-hydrogen) atoms. The molecule has 3 aromatic rings. The van der Waals surface area contributed by atoms with Crippen molar-refractivity contribution in [1.82, 2.24) is 10.2 Å². The smallest absolute Gasteiger partial charge is 0.262 e. The van der Waals surface area contributed by atoms with Crippen molar-refractivity contribution in [2.75, 3.05) is 48.4 Å². The van der Waals surface area contributed by atoms with Crippen LogP contribution in [0.15, 0.2) is 60.7 Å². The van der Waals surface area contributed by atoms with Crippen LogP contribution in [0, 0.1) is 0 Å². The van der Waals surface area contributed by atoms with E-state index in [4.69, 9.17) is 9.47 Å². The summed E-state index contributed by atoms with van der Waals surface area (Å²) in [6, 6.07) is 18.1. The van der Waals surface area contributed by atoms with Crippen LogP contribution >= 0.6 is 0 Å².